The zero-order chi connectivity index (χ0) is 28.9. The van der Waals surface area contributed by atoms with Gasteiger partial charge in [-0.3, -0.25) is 0 Å². The highest BCUT2D eigenvalue weighted by atomic mass is 16.4. The predicted octanol–water partition coefficient (Wildman–Crippen LogP) is 11.2. The van der Waals surface area contributed by atoms with Crippen LogP contribution in [0.1, 0.15) is 159 Å². The van der Waals surface area contributed by atoms with Crippen molar-refractivity contribution < 1.29 is 9.90 Å². The van der Waals surface area contributed by atoms with Gasteiger partial charge in [0.2, 0.25) is 0 Å². The Bertz CT molecular complexity index is 904. The summed E-state index contributed by atoms with van der Waals surface area (Å²) in [4.78, 5) is 10.7. The number of carboxylic acid groups (broad SMARTS) is 1. The van der Waals surface area contributed by atoms with Crippen LogP contribution in [0.5, 0.6) is 0 Å². The van der Waals surface area contributed by atoms with Gasteiger partial charge in [-0.1, -0.05) is 160 Å². The summed E-state index contributed by atoms with van der Waals surface area (Å²) in [6, 6.07) is 11.5. The van der Waals surface area contributed by atoms with Gasteiger partial charge in [0, 0.05) is 6.04 Å². The molecule has 2 rings (SSSR count). The molecular formula is C36H61NO2. The smallest absolute Gasteiger partial charge is 0.335 e. The highest BCUT2D eigenvalue weighted by molar-refractivity contribution is 5.94. The van der Waals surface area contributed by atoms with Crippen LogP contribution in [-0.2, 0) is 0 Å². The van der Waals surface area contributed by atoms with Crippen LogP contribution in [0.3, 0.4) is 0 Å². The number of hydrogen-bond acceptors (Lipinski definition) is 2. The van der Waals surface area contributed by atoms with E-state index in [1.165, 1.54) is 121 Å². The number of fused-ring (bicyclic) bond motifs is 1. The number of benzene rings is 2. The number of unbranched alkanes of at least 4 members (excludes halogenated alkanes) is 14. The van der Waals surface area contributed by atoms with Gasteiger partial charge in [0.25, 0.3) is 0 Å². The molecule has 0 bridgehead atoms. The summed E-state index contributed by atoms with van der Waals surface area (Å²) in [5.41, 5.74) is 8.28. The molecule has 1 unspecified atom stereocenters. The molecule has 3 N–H and O–H groups in total. The number of carboxylic acids is 1. The molecule has 1 atom stereocenters. The first-order valence-corrected chi connectivity index (χ1v) is 16.2. The van der Waals surface area contributed by atoms with E-state index in [-0.39, 0.29) is 0 Å². The van der Waals surface area contributed by atoms with E-state index in [1.807, 2.05) is 31.2 Å². The van der Waals surface area contributed by atoms with E-state index in [2.05, 4.69) is 27.7 Å². The van der Waals surface area contributed by atoms with E-state index in [0.29, 0.717) is 17.0 Å². The molecule has 0 aromatic heterocycles. The Kier molecular flexibility index (Phi) is 18.9. The predicted molar refractivity (Wildman–Crippen MR) is 172 cm³/mol. The first kappa shape index (κ1) is 35.2. The van der Waals surface area contributed by atoms with Crippen molar-refractivity contribution in [1.82, 2.24) is 0 Å². The molecular weight excluding hydrogens is 478 g/mol. The summed E-state index contributed by atoms with van der Waals surface area (Å²) in [6.45, 7) is 11.3. The third kappa shape index (κ3) is 16.1. The minimum absolute atomic E-state index is 0.325. The average molecular weight is 540 g/mol. The van der Waals surface area contributed by atoms with E-state index in [4.69, 9.17) is 10.8 Å². The molecule has 0 amide bonds. The van der Waals surface area contributed by atoms with Crippen LogP contribution in [0.2, 0.25) is 0 Å². The summed E-state index contributed by atoms with van der Waals surface area (Å²) >= 11 is 0. The molecule has 0 fully saturated rings. The molecule has 0 heterocycles. The topological polar surface area (TPSA) is 63.3 Å². The van der Waals surface area contributed by atoms with Crippen LogP contribution in [0.4, 0.5) is 0 Å². The second-order valence-electron chi connectivity index (χ2n) is 12.5. The van der Waals surface area contributed by atoms with Gasteiger partial charge >= 0.3 is 5.97 Å². The molecule has 0 spiro atoms. The zero-order valence-corrected chi connectivity index (χ0v) is 26.2. The largest absolute Gasteiger partial charge is 0.478 e. The quantitative estimate of drug-likeness (QED) is 0.164. The lowest BCUT2D eigenvalue weighted by Gasteiger charge is -2.32. The summed E-state index contributed by atoms with van der Waals surface area (Å²) in [5.74, 6) is -0.882. The molecule has 39 heavy (non-hydrogen) atoms. The maximum absolute atomic E-state index is 10.7. The molecule has 0 aliphatic rings. The maximum Gasteiger partial charge on any atom is 0.335 e. The van der Waals surface area contributed by atoms with Crippen LogP contribution in [0.15, 0.2) is 36.4 Å². The van der Waals surface area contributed by atoms with Crippen LogP contribution in [0, 0.1) is 12.3 Å². The van der Waals surface area contributed by atoms with Crippen LogP contribution >= 0.6 is 0 Å². The number of aromatic carboxylic acids is 1. The van der Waals surface area contributed by atoms with Crippen molar-refractivity contribution in [3.63, 3.8) is 0 Å². The van der Waals surface area contributed by atoms with Crippen LogP contribution < -0.4 is 5.73 Å². The monoisotopic (exact) mass is 539 g/mol. The number of aryl methyl sites for hydroxylation is 1. The highest BCUT2D eigenvalue weighted by Crippen LogP contribution is 2.30. The molecule has 0 saturated carbocycles. The van der Waals surface area contributed by atoms with Gasteiger partial charge in [0.1, 0.15) is 0 Å². The van der Waals surface area contributed by atoms with E-state index in [0.717, 1.165) is 10.8 Å². The standard InChI is InChI=1S/C24H51N.C12H10O2/c1-5-7-9-10-11-12-13-14-15-16-17-18-20-22-24(3,4)23(25)21-19-8-6-2;1-8-2-3-10-7-11(12(13)14)5-4-9(10)6-8/h23H,5-22,25H2,1-4H3;2-7H,1H3,(H,13,14). The van der Waals surface area contributed by atoms with Crippen molar-refractivity contribution in [2.24, 2.45) is 11.1 Å². The van der Waals surface area contributed by atoms with Crippen molar-refractivity contribution in [2.45, 2.75) is 156 Å². The van der Waals surface area contributed by atoms with Gasteiger partial charge in [-0.2, -0.15) is 0 Å². The Balaban J connectivity index is 0.000000451. The van der Waals surface area contributed by atoms with E-state index >= 15 is 0 Å². The summed E-state index contributed by atoms with van der Waals surface area (Å²) in [6.07, 6.45) is 25.1. The molecule has 0 saturated heterocycles. The molecule has 0 aliphatic carbocycles. The third-order valence-corrected chi connectivity index (χ3v) is 8.29. The Morgan fingerprint density at radius 2 is 1.18 bits per heavy atom. The van der Waals surface area contributed by atoms with Gasteiger partial charge in [0.15, 0.2) is 0 Å². The van der Waals surface area contributed by atoms with Crippen molar-refractivity contribution in [1.29, 1.82) is 0 Å². The van der Waals surface area contributed by atoms with Crippen molar-refractivity contribution in [3.8, 4) is 0 Å². The number of carbonyl (C=O) groups is 1. The first-order chi connectivity index (χ1) is 18.7. The number of rotatable bonds is 20. The van der Waals surface area contributed by atoms with Crippen LogP contribution in [0.25, 0.3) is 10.8 Å². The second kappa shape index (κ2) is 21.0. The lowest BCUT2D eigenvalue weighted by molar-refractivity contribution is 0.0697. The van der Waals surface area contributed by atoms with Gasteiger partial charge in [-0.05, 0) is 48.1 Å². The molecule has 0 aliphatic heterocycles. The molecule has 3 nitrogen and oxygen atoms in total. The van der Waals surface area contributed by atoms with Gasteiger partial charge in [-0.15, -0.1) is 0 Å². The zero-order valence-electron chi connectivity index (χ0n) is 26.2. The minimum Gasteiger partial charge on any atom is -0.478 e. The van der Waals surface area contributed by atoms with Crippen molar-refractivity contribution in [2.75, 3.05) is 0 Å². The molecule has 222 valence electrons. The van der Waals surface area contributed by atoms with Crippen molar-refractivity contribution in [3.05, 3.63) is 47.5 Å². The highest BCUT2D eigenvalue weighted by Gasteiger charge is 2.25. The number of hydrogen-bond donors (Lipinski definition) is 2. The summed E-state index contributed by atoms with van der Waals surface area (Å²) < 4.78 is 0. The van der Waals surface area contributed by atoms with Gasteiger partial charge in [0.05, 0.1) is 5.56 Å². The van der Waals surface area contributed by atoms with Crippen LogP contribution in [-0.4, -0.2) is 17.1 Å². The lowest BCUT2D eigenvalue weighted by atomic mass is 9.78. The first-order valence-electron chi connectivity index (χ1n) is 16.2. The fourth-order valence-corrected chi connectivity index (χ4v) is 5.29. The van der Waals surface area contributed by atoms with Crippen molar-refractivity contribution >= 4 is 16.7 Å². The fraction of sp³-hybridized carbons (Fsp3) is 0.694. The average Bonchev–Trinajstić information content (AvgIpc) is 2.91. The fourth-order valence-electron chi connectivity index (χ4n) is 5.29. The Morgan fingerprint density at radius 3 is 1.72 bits per heavy atom. The molecule has 0 radical (unpaired) electrons. The van der Waals surface area contributed by atoms with E-state index < -0.39 is 5.97 Å². The van der Waals surface area contributed by atoms with Gasteiger partial charge in [-0.25, -0.2) is 4.79 Å². The van der Waals surface area contributed by atoms with E-state index in [9.17, 15) is 4.79 Å². The Labute approximate surface area is 241 Å². The normalized spacial score (nSPS) is 12.3. The second-order valence-corrected chi connectivity index (χ2v) is 12.5. The maximum atomic E-state index is 10.7. The molecule has 2 aromatic carbocycles. The number of nitrogens with two attached hydrogens (primary N) is 1. The van der Waals surface area contributed by atoms with Gasteiger partial charge < -0.3 is 10.8 Å². The minimum atomic E-state index is -0.882. The molecule has 3 heteroatoms. The summed E-state index contributed by atoms with van der Waals surface area (Å²) in [7, 11) is 0. The SMILES string of the molecule is CCCCCCCCCCCCCCCC(C)(C)C(N)CCCCC.Cc1ccc2cc(C(=O)O)ccc2c1. The Morgan fingerprint density at radius 1 is 0.718 bits per heavy atom. The Hall–Kier alpha value is -1.87. The molecule has 2 aromatic rings. The van der Waals surface area contributed by atoms with E-state index in [1.54, 1.807) is 12.1 Å². The summed E-state index contributed by atoms with van der Waals surface area (Å²) in [5, 5.41) is 10.8. The lowest BCUT2D eigenvalue weighted by Crippen LogP contribution is -2.37. The third-order valence-electron chi connectivity index (χ3n) is 8.29.